The van der Waals surface area contributed by atoms with Gasteiger partial charge in [0.1, 0.15) is 34.8 Å². The topological polar surface area (TPSA) is 303 Å². The van der Waals surface area contributed by atoms with E-state index in [1.807, 2.05) is 78.9 Å². The lowest BCUT2D eigenvalue weighted by Crippen LogP contribution is -1.96. The van der Waals surface area contributed by atoms with Crippen LogP contribution in [0.2, 0.25) is 5.02 Å². The average molecular weight is 1320 g/mol. The summed E-state index contributed by atoms with van der Waals surface area (Å²) in [5.41, 5.74) is 18.4. The lowest BCUT2D eigenvalue weighted by atomic mass is 10.1. The number of benzene rings is 8. The van der Waals surface area contributed by atoms with E-state index in [4.69, 9.17) is 31.5 Å². The van der Waals surface area contributed by atoms with Crippen molar-refractivity contribution in [1.82, 2.24) is 19.9 Å². The first-order valence-electron chi connectivity index (χ1n) is 29.5. The number of halogens is 2. The Balaban J connectivity index is 0.000000152. The molecular formula is C73H62ClFN12O10. The van der Waals surface area contributed by atoms with Gasteiger partial charge in [-0.05, 0) is 221 Å². The number of para-hydroxylation sites is 1. The van der Waals surface area contributed by atoms with Crippen LogP contribution < -0.4 is 41.2 Å². The van der Waals surface area contributed by atoms with Gasteiger partial charge in [0, 0.05) is 70.8 Å². The number of aryl methyl sites for hydroxylation is 2. The molecule has 22 nitrogen and oxygen atoms in total. The lowest BCUT2D eigenvalue weighted by Gasteiger charge is -2.11. The fourth-order valence-corrected chi connectivity index (χ4v) is 9.85. The Labute approximate surface area is 561 Å². The van der Waals surface area contributed by atoms with Gasteiger partial charge in [-0.3, -0.25) is 30.3 Å². The van der Waals surface area contributed by atoms with Crippen molar-refractivity contribution in [1.29, 1.82) is 0 Å². The highest BCUT2D eigenvalue weighted by Gasteiger charge is 2.19. The van der Waals surface area contributed by atoms with Crippen LogP contribution in [0.1, 0.15) is 11.1 Å². The highest BCUT2D eigenvalue weighted by Crippen LogP contribution is 2.37. The van der Waals surface area contributed by atoms with Gasteiger partial charge in [0.15, 0.2) is 17.2 Å². The zero-order valence-corrected chi connectivity index (χ0v) is 53.4. The van der Waals surface area contributed by atoms with Gasteiger partial charge < -0.3 is 46.3 Å². The first-order chi connectivity index (χ1) is 46.8. The summed E-state index contributed by atoms with van der Waals surface area (Å²) in [6.07, 6.45) is 6.65. The molecule has 4 aromatic heterocycles. The molecule has 0 saturated heterocycles. The highest BCUT2D eigenvalue weighted by atomic mass is 35.5. The first-order valence-corrected chi connectivity index (χ1v) is 29.8. The number of hydrogen-bond acceptors (Lipinski definition) is 19. The fraction of sp³-hybridized carbons (Fsp3) is 0.0685. The Morgan fingerprint density at radius 2 is 0.742 bits per heavy atom. The Morgan fingerprint density at radius 3 is 1.13 bits per heavy atom. The highest BCUT2D eigenvalue weighted by molar-refractivity contribution is 6.30. The number of phenols is 1. The number of nitrogens with one attached hydrogen (secondary N) is 4. The molecule has 0 saturated carbocycles. The number of anilines is 9. The summed E-state index contributed by atoms with van der Waals surface area (Å²) in [5, 5.41) is 56.3. The number of nitrogens with two attached hydrogens (primary N) is 1. The Morgan fingerprint density at radius 1 is 0.402 bits per heavy atom. The number of pyridine rings is 4. The van der Waals surface area contributed by atoms with Crippen molar-refractivity contribution >= 4 is 80.4 Å². The van der Waals surface area contributed by atoms with Crippen LogP contribution in [0.3, 0.4) is 0 Å². The number of nitro groups is 3. The smallest absolute Gasteiger partial charge is 0.311 e. The molecule has 4 heterocycles. The van der Waals surface area contributed by atoms with Crippen LogP contribution in [0.15, 0.2) is 243 Å². The summed E-state index contributed by atoms with van der Waals surface area (Å²) >= 11 is 5.88. The minimum atomic E-state index is -0.608. The molecule has 0 aliphatic carbocycles. The molecule has 0 amide bonds. The molecule has 0 aliphatic heterocycles. The molecule has 0 spiro atoms. The van der Waals surface area contributed by atoms with E-state index in [0.717, 1.165) is 50.7 Å². The molecule has 0 atom stereocenters. The number of hydrogen-bond donors (Lipinski definition) is 6. The van der Waals surface area contributed by atoms with Crippen LogP contribution in [0, 0.1) is 50.0 Å². The number of nitro benzene ring substituents is 3. The van der Waals surface area contributed by atoms with Crippen molar-refractivity contribution in [2.24, 2.45) is 0 Å². The van der Waals surface area contributed by atoms with E-state index in [-0.39, 0.29) is 40.1 Å². The zero-order valence-electron chi connectivity index (χ0n) is 52.7. The summed E-state index contributed by atoms with van der Waals surface area (Å²) in [6, 6.07) is 63.4. The van der Waals surface area contributed by atoms with Crippen LogP contribution in [-0.4, -0.2) is 61.1 Å². The summed E-state index contributed by atoms with van der Waals surface area (Å²) in [5.74, 6) is 3.03. The second-order valence-corrected chi connectivity index (χ2v) is 21.6. The van der Waals surface area contributed by atoms with Crippen molar-refractivity contribution in [3.05, 3.63) is 295 Å². The van der Waals surface area contributed by atoms with Crippen molar-refractivity contribution in [3.63, 3.8) is 0 Å². The van der Waals surface area contributed by atoms with Gasteiger partial charge in [0.2, 0.25) is 0 Å². The van der Waals surface area contributed by atoms with Gasteiger partial charge in [-0.1, -0.05) is 60.1 Å². The molecule has 0 fully saturated rings. The maximum Gasteiger partial charge on any atom is 0.311 e. The third-order valence-corrected chi connectivity index (χ3v) is 14.6. The molecular weight excluding hydrogens is 1260 g/mol. The Bertz CT molecular complexity index is 4580. The van der Waals surface area contributed by atoms with Crippen molar-refractivity contribution in [3.8, 4) is 67.5 Å². The molecule has 0 radical (unpaired) electrons. The van der Waals surface area contributed by atoms with Gasteiger partial charge >= 0.3 is 17.1 Å². The van der Waals surface area contributed by atoms with Crippen LogP contribution in [0.5, 0.6) is 23.0 Å². The fourth-order valence-electron chi connectivity index (χ4n) is 9.73. The number of nitrogens with zero attached hydrogens (tertiary/aromatic N) is 7. The molecule has 0 unspecified atom stereocenters. The minimum absolute atomic E-state index is 0.0796. The monoisotopic (exact) mass is 1320 g/mol. The number of aromatic hydroxyl groups is 1. The van der Waals surface area contributed by atoms with E-state index < -0.39 is 14.8 Å². The molecule has 488 valence electrons. The maximum atomic E-state index is 13.0. The summed E-state index contributed by atoms with van der Waals surface area (Å²) < 4.78 is 28.2. The predicted octanol–water partition coefficient (Wildman–Crippen LogP) is 18.4. The summed E-state index contributed by atoms with van der Waals surface area (Å²) in [4.78, 5) is 48.9. The number of phenolic OH excluding ortho intramolecular Hbond substituents is 1. The van der Waals surface area contributed by atoms with Gasteiger partial charge in [-0.25, -0.2) is 24.3 Å². The van der Waals surface area contributed by atoms with Crippen LogP contribution in [-0.2, 0) is 0 Å². The Kier molecular flexibility index (Phi) is 22.9. The molecule has 24 heteroatoms. The Hall–Kier alpha value is -13.0. The number of rotatable bonds is 18. The number of nitrogen functional groups attached to an aromatic ring is 1. The third-order valence-electron chi connectivity index (χ3n) is 14.3. The molecule has 8 aromatic carbocycles. The molecule has 0 bridgehead atoms. The predicted molar refractivity (Wildman–Crippen MR) is 378 cm³/mol. The minimum Gasteiger partial charge on any atom is -0.502 e. The summed E-state index contributed by atoms with van der Waals surface area (Å²) in [6.45, 7) is 4.17. The van der Waals surface area contributed by atoms with E-state index in [1.54, 1.807) is 117 Å². The van der Waals surface area contributed by atoms with Crippen molar-refractivity contribution < 1.29 is 38.5 Å². The normalized spacial score (nSPS) is 10.3. The van der Waals surface area contributed by atoms with Crippen LogP contribution in [0.25, 0.3) is 44.5 Å². The average Bonchev–Trinajstić information content (AvgIpc) is 0.884. The quantitative estimate of drug-likeness (QED) is 0.0264. The maximum absolute atomic E-state index is 13.0. The second-order valence-electron chi connectivity index (χ2n) is 21.2. The molecule has 12 rings (SSSR count). The van der Waals surface area contributed by atoms with Crippen molar-refractivity contribution in [2.45, 2.75) is 13.8 Å². The van der Waals surface area contributed by atoms with Gasteiger partial charge in [-0.2, -0.15) is 0 Å². The molecule has 0 aliphatic rings. The zero-order chi connectivity index (χ0) is 69.0. The number of aromatic nitrogens is 4. The van der Waals surface area contributed by atoms with E-state index in [1.165, 1.54) is 61.7 Å². The van der Waals surface area contributed by atoms with Crippen LogP contribution in [0.4, 0.5) is 73.2 Å². The lowest BCUT2D eigenvalue weighted by molar-refractivity contribution is -0.385. The van der Waals surface area contributed by atoms with Gasteiger partial charge in [0.05, 0.1) is 41.8 Å². The molecule has 12 aromatic rings. The number of methoxy groups -OCH3 is 3. The standard InChI is InChI=1S/C20H21N3O.C18H14ClN3O3.C18H14FN3O3.C17H13N3O3/c1-13-8-14(2)10-17(9-13)23-20-12-16(6-7-22-20)15-4-5-19(24-3)18(21)11-15;2*1-25-17-7-2-12(10-16(17)22(23)24)13-8-9-20-18(11-13)21-15-5-3-14(19)4-6-15;21-16-7-6-12(10-15(16)20(22)23)13-8-9-18-17(11-13)19-14-4-2-1-3-5-14/h4-12H,21H2,1-3H3,(H,22,23);2*2-11H,1H3,(H,20,21);1-11,21H,(H,18,19). The van der Waals surface area contributed by atoms with E-state index in [9.17, 15) is 39.8 Å². The van der Waals surface area contributed by atoms with E-state index in [0.29, 0.717) is 56.3 Å². The number of ether oxygens (including phenoxy) is 3. The largest absolute Gasteiger partial charge is 0.502 e. The van der Waals surface area contributed by atoms with E-state index >= 15 is 0 Å². The first kappa shape index (κ1) is 68.3. The SMILES string of the molecule is COc1ccc(-c2ccnc(Nc3cc(C)cc(C)c3)c2)cc1N.COc1ccc(-c2ccnc(Nc3ccc(Cl)cc3)c2)cc1[N+](=O)[O-].COc1ccc(-c2ccnc(Nc3ccc(F)cc3)c2)cc1[N+](=O)[O-].O=[N+]([O-])c1cc(-c2ccnc(Nc3ccccc3)c2)ccc1O. The third kappa shape index (κ3) is 19.1. The second kappa shape index (κ2) is 32.5. The molecule has 7 N–H and O–H groups in total. The van der Waals surface area contributed by atoms with E-state index in [2.05, 4.69) is 73.2 Å². The van der Waals surface area contributed by atoms with Crippen LogP contribution >= 0.6 is 11.6 Å². The molecule has 97 heavy (non-hydrogen) atoms. The van der Waals surface area contributed by atoms with Crippen molar-refractivity contribution in [2.75, 3.05) is 48.3 Å². The van der Waals surface area contributed by atoms with Gasteiger partial charge in [0.25, 0.3) is 0 Å². The van der Waals surface area contributed by atoms with Gasteiger partial charge in [-0.15, -0.1) is 0 Å². The summed E-state index contributed by atoms with van der Waals surface area (Å²) in [7, 11) is 4.41.